The summed E-state index contributed by atoms with van der Waals surface area (Å²) in [5, 5.41) is 0. The number of hydrogen-bond acceptors (Lipinski definition) is 0. The van der Waals surface area contributed by atoms with Crippen molar-refractivity contribution in [2.24, 2.45) is 0 Å². The molecule has 0 radical (unpaired) electrons. The second-order valence-corrected chi connectivity index (χ2v) is 8.26. The summed E-state index contributed by atoms with van der Waals surface area (Å²) in [6, 6.07) is 0. The van der Waals surface area contributed by atoms with Crippen molar-refractivity contribution in [1.82, 2.24) is 0 Å². The first-order valence-electron chi connectivity index (χ1n) is 4.17. The Labute approximate surface area is 94.6 Å². The third-order valence-electron chi connectivity index (χ3n) is 0.982. The molecule has 12 heavy (non-hydrogen) atoms. The first-order valence-corrected chi connectivity index (χ1v) is 14.6. The van der Waals surface area contributed by atoms with Crippen LogP contribution in [0.15, 0.2) is 11.8 Å². The molecule has 0 heterocycles. The molecule has 66 valence electrons. The predicted molar refractivity (Wildman–Crippen MR) is 58.5 cm³/mol. The molecule has 0 aliphatic carbocycles. The van der Waals surface area contributed by atoms with Gasteiger partial charge < -0.3 is 5.73 Å². The first-order chi connectivity index (χ1) is 5.56. The van der Waals surface area contributed by atoms with Crippen LogP contribution in [0.3, 0.4) is 0 Å². The summed E-state index contributed by atoms with van der Waals surface area (Å²) in [5.74, 6) is 0. The molecule has 0 aromatic heterocycles. The molecule has 0 aromatic rings. The van der Waals surface area contributed by atoms with Crippen LogP contribution >= 0.6 is 13.6 Å². The second kappa shape index (κ2) is 9.92. The predicted octanol–water partition coefficient (Wildman–Crippen LogP) is 4.02. The zero-order chi connectivity index (χ0) is 10.0. The fourth-order valence-electron chi connectivity index (χ4n) is 0.484. The topological polar surface area (TPSA) is 0 Å². The van der Waals surface area contributed by atoms with Gasteiger partial charge in [0.15, 0.2) is 0 Å². The van der Waals surface area contributed by atoms with Gasteiger partial charge in [-0.1, -0.05) is 39.4 Å². The van der Waals surface area contributed by atoms with Crippen LogP contribution in [-0.2, 0) is 16.3 Å². The van der Waals surface area contributed by atoms with Crippen molar-refractivity contribution >= 4 is 21.7 Å². The van der Waals surface area contributed by atoms with Crippen molar-refractivity contribution in [3.05, 3.63) is 17.5 Å². The molecule has 3 heteroatoms. The molecule has 0 N–H and O–H groups in total. The van der Waals surface area contributed by atoms with Gasteiger partial charge in [-0.25, -0.2) is 5.70 Å². The summed E-state index contributed by atoms with van der Waals surface area (Å²) >= 11 is 4.25. The monoisotopic (exact) mass is 296 g/mol. The summed E-state index contributed by atoms with van der Waals surface area (Å²) in [6.45, 7) is 8.96. The van der Waals surface area contributed by atoms with Crippen LogP contribution in [0.1, 0.15) is 19.8 Å². The van der Waals surface area contributed by atoms with Gasteiger partial charge >= 0.3 is 30.0 Å². The molecule has 0 saturated carbocycles. The molecule has 0 fully saturated rings. The van der Waals surface area contributed by atoms with Gasteiger partial charge in [-0.05, 0) is 8.07 Å². The van der Waals surface area contributed by atoms with Crippen molar-refractivity contribution in [3.63, 3.8) is 0 Å². The van der Waals surface area contributed by atoms with Gasteiger partial charge in [-0.3, -0.25) is 0 Å². The van der Waals surface area contributed by atoms with Gasteiger partial charge in [0, 0.05) is 0 Å². The molecule has 0 bridgehead atoms. The van der Waals surface area contributed by atoms with Crippen molar-refractivity contribution in [2.75, 3.05) is 0 Å². The Bertz CT molecular complexity index is 143. The van der Waals surface area contributed by atoms with Crippen molar-refractivity contribution in [1.29, 1.82) is 0 Å². The number of halogens is 1. The van der Waals surface area contributed by atoms with Crippen molar-refractivity contribution in [3.8, 4) is 0 Å². The maximum atomic E-state index is 3.29. The van der Waals surface area contributed by atoms with E-state index in [1.54, 1.807) is 0 Å². The second-order valence-electron chi connectivity index (χ2n) is 3.51. The summed E-state index contributed by atoms with van der Waals surface area (Å²) in [6.07, 6.45) is 4.43. The molecule has 0 aliphatic heterocycles. The normalized spacial score (nSPS) is 9.25. The van der Waals surface area contributed by atoms with E-state index in [-0.39, 0.29) is 0 Å². The quantitative estimate of drug-likeness (QED) is 0.419. The average Bonchev–Trinajstić information content (AvgIpc) is 2.01. The van der Waals surface area contributed by atoms with E-state index in [4.69, 9.17) is 0 Å². The van der Waals surface area contributed by atoms with E-state index >= 15 is 0 Å². The molecule has 0 nitrogen and oxygen atoms in total. The van der Waals surface area contributed by atoms with Crippen molar-refractivity contribution in [2.45, 2.75) is 39.4 Å². The van der Waals surface area contributed by atoms with Crippen LogP contribution in [0.2, 0.25) is 19.6 Å². The van der Waals surface area contributed by atoms with E-state index in [0.29, 0.717) is 0 Å². The molecule has 0 aromatic carbocycles. The van der Waals surface area contributed by atoms with Gasteiger partial charge in [0.1, 0.15) is 0 Å². The van der Waals surface area contributed by atoms with Gasteiger partial charge in [-0.2, -0.15) is 6.08 Å². The molecule has 0 spiro atoms. The molecule has 0 amide bonds. The van der Waals surface area contributed by atoms with E-state index in [9.17, 15) is 0 Å². The van der Waals surface area contributed by atoms with Gasteiger partial charge in [0.05, 0.1) is 0 Å². The third-order valence-corrected chi connectivity index (χ3v) is 1.88. The zero-order valence-corrected chi connectivity index (χ0v) is 14.1. The average molecular weight is 299 g/mol. The molecule has 0 rings (SSSR count). The Balaban J connectivity index is 0. The van der Waals surface area contributed by atoms with Crippen molar-refractivity contribution < 1.29 is 16.3 Å². The van der Waals surface area contributed by atoms with Gasteiger partial charge in [0.25, 0.3) is 0 Å². The van der Waals surface area contributed by atoms with Gasteiger partial charge in [-0.15, -0.1) is 0 Å². The molecule has 0 aliphatic rings. The fraction of sp³-hybridized carbons (Fsp3) is 0.667. The van der Waals surface area contributed by atoms with E-state index in [2.05, 4.69) is 57.7 Å². The molecular weight excluding hydrogens is 281 g/mol. The van der Waals surface area contributed by atoms with Crippen LogP contribution in [0.5, 0.6) is 0 Å². The first kappa shape index (κ1) is 15.3. The van der Waals surface area contributed by atoms with E-state index < -0.39 is 8.07 Å². The molecule has 0 unspecified atom stereocenters. The Morgan fingerprint density at radius 1 is 1.42 bits per heavy atom. The van der Waals surface area contributed by atoms with Crippen LogP contribution < -0.4 is 0 Å². The van der Waals surface area contributed by atoms with Crippen LogP contribution in [-0.4, -0.2) is 8.07 Å². The Morgan fingerprint density at radius 3 is 2.25 bits per heavy atom. The SMILES string of the molecule is CCCC=C=[C-][Si](C)(C)C.[Zn+][Br]. The minimum atomic E-state index is -1.10. The molecule has 0 atom stereocenters. The Hall–Kier alpha value is 0.840. The minimum absolute atomic E-state index is 1.10. The standard InChI is InChI=1S/C9H17Si.BrH.Zn/c1-5-6-7-8-9-10(2,3)4;;/h7H,5-6H2,1-4H3;1H;/q-1;;+2/p-1. The van der Waals surface area contributed by atoms with E-state index in [0.717, 1.165) is 6.42 Å². The maximum absolute atomic E-state index is 3.29. The Morgan fingerprint density at radius 2 is 1.92 bits per heavy atom. The van der Waals surface area contributed by atoms with Crippen LogP contribution in [0, 0.1) is 5.70 Å². The number of hydrogen-bond donors (Lipinski definition) is 0. The molecular formula is C9H17BrSiZn. The van der Waals surface area contributed by atoms with E-state index in [1.165, 1.54) is 22.8 Å². The summed E-state index contributed by atoms with van der Waals surface area (Å²) in [7, 11) is -1.10. The third kappa shape index (κ3) is 17.1. The summed E-state index contributed by atoms with van der Waals surface area (Å²) in [4.78, 5) is 0. The summed E-state index contributed by atoms with van der Waals surface area (Å²) < 4.78 is 0. The van der Waals surface area contributed by atoms with E-state index in [1.807, 2.05) is 0 Å². The van der Waals surface area contributed by atoms with Crippen LogP contribution in [0.4, 0.5) is 0 Å². The number of rotatable bonds is 3. The number of allylic oxidation sites excluding steroid dienone is 1. The zero-order valence-electron chi connectivity index (χ0n) is 8.58. The number of unbranched alkanes of at least 4 members (excludes halogenated alkanes) is 1. The Kier molecular flexibility index (Phi) is 12.7. The van der Waals surface area contributed by atoms with Gasteiger partial charge in [0.2, 0.25) is 0 Å². The van der Waals surface area contributed by atoms with Crippen LogP contribution in [0.25, 0.3) is 0 Å². The summed E-state index contributed by atoms with van der Waals surface area (Å²) in [5.41, 5.74) is 6.40. The molecule has 0 saturated heterocycles. The fourth-order valence-corrected chi connectivity index (χ4v) is 1.02.